The molecule has 7 nitrogen and oxygen atoms in total. The minimum atomic E-state index is -0.478. The summed E-state index contributed by atoms with van der Waals surface area (Å²) in [5, 5.41) is 3.23. The molecule has 0 saturated carbocycles. The van der Waals surface area contributed by atoms with Gasteiger partial charge < -0.3 is 10.2 Å². The average Bonchev–Trinajstić information content (AvgIpc) is 2.57. The molecule has 2 aromatic rings. The number of aromatic nitrogens is 2. The Morgan fingerprint density at radius 3 is 3.00 bits per heavy atom. The summed E-state index contributed by atoms with van der Waals surface area (Å²) in [5.74, 6) is -0.289. The number of rotatable bonds is 3. The predicted molar refractivity (Wildman–Crippen MR) is 92.5 cm³/mol. The van der Waals surface area contributed by atoms with Gasteiger partial charge in [-0.1, -0.05) is 15.9 Å². The maximum Gasteiger partial charge on any atom is 0.261 e. The Morgan fingerprint density at radius 1 is 1.42 bits per heavy atom. The van der Waals surface area contributed by atoms with Crippen LogP contribution < -0.4 is 10.9 Å². The van der Waals surface area contributed by atoms with E-state index in [0.717, 1.165) is 4.47 Å². The van der Waals surface area contributed by atoms with Gasteiger partial charge in [0.15, 0.2) is 0 Å². The van der Waals surface area contributed by atoms with E-state index in [1.807, 2.05) is 6.07 Å². The lowest BCUT2D eigenvalue weighted by molar-refractivity contribution is -0.142. The molecule has 1 unspecified atom stereocenters. The summed E-state index contributed by atoms with van der Waals surface area (Å²) in [6.07, 6.45) is 1.61. The zero-order chi connectivity index (χ0) is 17.3. The molecular formula is C16H17BrN4O3. The maximum absolute atomic E-state index is 12.5. The van der Waals surface area contributed by atoms with E-state index in [-0.39, 0.29) is 30.3 Å². The molecule has 1 aromatic carbocycles. The number of hydrogen-bond donors (Lipinski definition) is 1. The van der Waals surface area contributed by atoms with Crippen LogP contribution >= 0.6 is 15.9 Å². The molecular weight excluding hydrogens is 376 g/mol. The minimum Gasteiger partial charge on any atom is -0.353 e. The number of carbonyl (C=O) groups is 2. The van der Waals surface area contributed by atoms with Crippen LogP contribution in [0, 0.1) is 0 Å². The summed E-state index contributed by atoms with van der Waals surface area (Å²) >= 11 is 3.34. The molecule has 1 N–H and O–H groups in total. The highest BCUT2D eigenvalue weighted by Crippen LogP contribution is 2.15. The van der Waals surface area contributed by atoms with E-state index in [2.05, 4.69) is 26.2 Å². The number of nitrogens with one attached hydrogen (secondary N) is 1. The third-order valence-corrected chi connectivity index (χ3v) is 4.67. The zero-order valence-electron chi connectivity index (χ0n) is 13.2. The Morgan fingerprint density at radius 2 is 2.21 bits per heavy atom. The molecule has 24 heavy (non-hydrogen) atoms. The number of fused-ring (bicyclic) bond motifs is 1. The van der Waals surface area contributed by atoms with Crippen molar-refractivity contribution in [3.63, 3.8) is 0 Å². The summed E-state index contributed by atoms with van der Waals surface area (Å²) in [5.41, 5.74) is 0.436. The smallest absolute Gasteiger partial charge is 0.261 e. The normalized spacial score (nSPS) is 17.8. The number of aryl methyl sites for hydroxylation is 1. The summed E-state index contributed by atoms with van der Waals surface area (Å²) in [7, 11) is 0. The third kappa shape index (κ3) is 3.19. The lowest BCUT2D eigenvalue weighted by atomic mass is 10.2. The van der Waals surface area contributed by atoms with Crippen molar-refractivity contribution in [2.24, 2.45) is 0 Å². The zero-order valence-corrected chi connectivity index (χ0v) is 14.7. The number of amides is 2. The van der Waals surface area contributed by atoms with Gasteiger partial charge in [0.1, 0.15) is 6.04 Å². The van der Waals surface area contributed by atoms with Gasteiger partial charge in [0.05, 0.1) is 17.2 Å². The van der Waals surface area contributed by atoms with Crippen molar-refractivity contribution in [3.05, 3.63) is 39.4 Å². The fourth-order valence-electron chi connectivity index (χ4n) is 2.77. The van der Waals surface area contributed by atoms with Crippen LogP contribution in [0.25, 0.3) is 10.9 Å². The number of carbonyl (C=O) groups excluding carboxylic acids is 2. The number of piperazine rings is 1. The Bertz CT molecular complexity index is 864. The molecule has 1 fully saturated rings. The van der Waals surface area contributed by atoms with Crippen LogP contribution in [0.3, 0.4) is 0 Å². The Hall–Kier alpha value is -2.22. The van der Waals surface area contributed by atoms with E-state index in [0.29, 0.717) is 24.0 Å². The largest absolute Gasteiger partial charge is 0.353 e. The molecule has 0 spiro atoms. The SMILES string of the molecule is CC1C(=O)NCCN1C(=O)CCn1cnc2ccc(Br)cc2c1=O. The van der Waals surface area contributed by atoms with Gasteiger partial charge in [-0.3, -0.25) is 19.0 Å². The highest BCUT2D eigenvalue weighted by atomic mass is 79.9. The van der Waals surface area contributed by atoms with Gasteiger partial charge in [0, 0.05) is 30.5 Å². The van der Waals surface area contributed by atoms with E-state index in [1.54, 1.807) is 24.0 Å². The van der Waals surface area contributed by atoms with Gasteiger partial charge in [-0.15, -0.1) is 0 Å². The summed E-state index contributed by atoms with van der Waals surface area (Å²) in [4.78, 5) is 42.3. The number of halogens is 1. The molecule has 1 aromatic heterocycles. The van der Waals surface area contributed by atoms with E-state index in [4.69, 9.17) is 0 Å². The second kappa shape index (κ2) is 6.72. The molecule has 8 heteroatoms. The summed E-state index contributed by atoms with van der Waals surface area (Å²) < 4.78 is 2.23. The first-order valence-corrected chi connectivity index (χ1v) is 8.48. The van der Waals surface area contributed by atoms with Crippen LogP contribution in [0.2, 0.25) is 0 Å². The maximum atomic E-state index is 12.5. The second-order valence-electron chi connectivity index (χ2n) is 5.71. The first kappa shape index (κ1) is 16.6. The Kier molecular flexibility index (Phi) is 4.66. The Labute approximate surface area is 146 Å². The van der Waals surface area contributed by atoms with Crippen molar-refractivity contribution in [2.45, 2.75) is 25.9 Å². The number of hydrogen-bond acceptors (Lipinski definition) is 4. The van der Waals surface area contributed by atoms with Crippen LogP contribution in [-0.2, 0) is 16.1 Å². The Balaban J connectivity index is 1.76. The van der Waals surface area contributed by atoms with Crippen molar-refractivity contribution in [2.75, 3.05) is 13.1 Å². The quantitative estimate of drug-likeness (QED) is 0.840. The lowest BCUT2D eigenvalue weighted by Crippen LogP contribution is -2.56. The van der Waals surface area contributed by atoms with E-state index in [1.165, 1.54) is 10.9 Å². The van der Waals surface area contributed by atoms with E-state index >= 15 is 0 Å². The first-order chi connectivity index (χ1) is 11.5. The van der Waals surface area contributed by atoms with Crippen LogP contribution in [0.5, 0.6) is 0 Å². The van der Waals surface area contributed by atoms with Crippen molar-refractivity contribution >= 4 is 38.6 Å². The first-order valence-electron chi connectivity index (χ1n) is 7.69. The van der Waals surface area contributed by atoms with Crippen molar-refractivity contribution in [1.29, 1.82) is 0 Å². The van der Waals surface area contributed by atoms with Crippen molar-refractivity contribution < 1.29 is 9.59 Å². The van der Waals surface area contributed by atoms with E-state index in [9.17, 15) is 14.4 Å². The minimum absolute atomic E-state index is 0.140. The molecule has 1 aliphatic heterocycles. The van der Waals surface area contributed by atoms with Crippen molar-refractivity contribution in [1.82, 2.24) is 19.8 Å². The molecule has 126 valence electrons. The van der Waals surface area contributed by atoms with Gasteiger partial charge in [-0.05, 0) is 25.1 Å². The van der Waals surface area contributed by atoms with Gasteiger partial charge >= 0.3 is 0 Å². The highest BCUT2D eigenvalue weighted by molar-refractivity contribution is 9.10. The number of nitrogens with zero attached hydrogens (tertiary/aromatic N) is 3. The second-order valence-corrected chi connectivity index (χ2v) is 6.62. The van der Waals surface area contributed by atoms with Crippen LogP contribution in [0.15, 0.2) is 33.8 Å². The van der Waals surface area contributed by atoms with Crippen LogP contribution in [-0.4, -0.2) is 45.4 Å². The van der Waals surface area contributed by atoms with Gasteiger partial charge in [0.2, 0.25) is 11.8 Å². The number of benzene rings is 1. The molecule has 3 rings (SSSR count). The predicted octanol–water partition coefficient (Wildman–Crippen LogP) is 0.896. The molecule has 0 aliphatic carbocycles. The standard InChI is InChI=1S/C16H17BrN4O3/c1-10-15(23)18-5-7-21(10)14(22)4-6-20-9-19-13-3-2-11(17)8-12(13)16(20)24/h2-3,8-10H,4-7H2,1H3,(H,18,23). The molecule has 0 radical (unpaired) electrons. The third-order valence-electron chi connectivity index (χ3n) is 4.17. The monoisotopic (exact) mass is 392 g/mol. The van der Waals surface area contributed by atoms with Crippen LogP contribution in [0.1, 0.15) is 13.3 Å². The fourth-order valence-corrected chi connectivity index (χ4v) is 3.13. The molecule has 2 amide bonds. The highest BCUT2D eigenvalue weighted by Gasteiger charge is 2.28. The average molecular weight is 393 g/mol. The lowest BCUT2D eigenvalue weighted by Gasteiger charge is -2.32. The molecule has 0 bridgehead atoms. The van der Waals surface area contributed by atoms with Crippen molar-refractivity contribution in [3.8, 4) is 0 Å². The molecule has 1 aliphatic rings. The van der Waals surface area contributed by atoms with Gasteiger partial charge in [0.25, 0.3) is 5.56 Å². The van der Waals surface area contributed by atoms with Crippen LogP contribution in [0.4, 0.5) is 0 Å². The molecule has 1 atom stereocenters. The van der Waals surface area contributed by atoms with Gasteiger partial charge in [-0.25, -0.2) is 4.98 Å². The molecule has 1 saturated heterocycles. The van der Waals surface area contributed by atoms with E-state index < -0.39 is 6.04 Å². The molecule has 2 heterocycles. The van der Waals surface area contributed by atoms with Gasteiger partial charge in [-0.2, -0.15) is 0 Å². The fraction of sp³-hybridized carbons (Fsp3) is 0.375. The summed E-state index contributed by atoms with van der Waals surface area (Å²) in [6, 6.07) is 4.84. The topological polar surface area (TPSA) is 84.3 Å². The summed E-state index contributed by atoms with van der Waals surface area (Å²) in [6.45, 7) is 2.88.